The molecule has 0 aromatic heterocycles. The Morgan fingerprint density at radius 1 is 1.31 bits per heavy atom. The summed E-state index contributed by atoms with van der Waals surface area (Å²) < 4.78 is 9.69. The molecule has 1 aromatic carbocycles. The molecule has 0 spiro atoms. The highest BCUT2D eigenvalue weighted by Crippen LogP contribution is 2.07. The summed E-state index contributed by atoms with van der Waals surface area (Å²) in [6.45, 7) is 2.60. The molecule has 0 radical (unpaired) electrons. The van der Waals surface area contributed by atoms with E-state index in [1.165, 1.54) is 7.11 Å². The van der Waals surface area contributed by atoms with Crippen LogP contribution < -0.4 is 0 Å². The normalized spacial score (nSPS) is 10.4. The van der Waals surface area contributed by atoms with Crippen LogP contribution >= 0.6 is 0 Å². The topological polar surface area (TPSA) is 35.5 Å². The van der Waals surface area contributed by atoms with Gasteiger partial charge in [0.2, 0.25) is 0 Å². The van der Waals surface area contributed by atoms with Crippen molar-refractivity contribution in [2.24, 2.45) is 0 Å². The molecule has 3 heteroatoms. The van der Waals surface area contributed by atoms with Gasteiger partial charge in [0, 0.05) is 0 Å². The van der Waals surface area contributed by atoms with Crippen LogP contribution in [0.3, 0.4) is 0 Å². The zero-order valence-electron chi connectivity index (χ0n) is 9.60. The Morgan fingerprint density at radius 2 is 2.00 bits per heavy atom. The minimum absolute atomic E-state index is 0.224. The summed E-state index contributed by atoms with van der Waals surface area (Å²) in [7, 11) is 1.39. The molecule has 0 aliphatic carbocycles. The van der Waals surface area contributed by atoms with E-state index in [0.717, 1.165) is 11.1 Å². The van der Waals surface area contributed by atoms with Crippen LogP contribution in [-0.4, -0.2) is 19.7 Å². The van der Waals surface area contributed by atoms with Gasteiger partial charge in [-0.2, -0.15) is 0 Å². The molecule has 0 saturated carbocycles. The predicted octanol–water partition coefficient (Wildman–Crippen LogP) is 2.41. The van der Waals surface area contributed by atoms with Gasteiger partial charge in [-0.05, 0) is 24.1 Å². The Bertz CT molecular complexity index is 352. The van der Waals surface area contributed by atoms with Gasteiger partial charge in [0.05, 0.1) is 26.4 Å². The SMILES string of the molecule is CCO/C=C/c1ccc(CC(=O)OC)cc1. The van der Waals surface area contributed by atoms with Gasteiger partial charge in [-0.1, -0.05) is 24.3 Å². The minimum atomic E-state index is -0.224. The maximum atomic E-state index is 11.0. The molecule has 0 atom stereocenters. The summed E-state index contributed by atoms with van der Waals surface area (Å²) in [4.78, 5) is 11.0. The summed E-state index contributed by atoms with van der Waals surface area (Å²) in [5.74, 6) is -0.224. The van der Waals surface area contributed by atoms with E-state index < -0.39 is 0 Å². The van der Waals surface area contributed by atoms with E-state index in [1.807, 2.05) is 37.3 Å². The Hall–Kier alpha value is -1.77. The highest BCUT2D eigenvalue weighted by Gasteiger charge is 2.01. The van der Waals surface area contributed by atoms with Crippen molar-refractivity contribution < 1.29 is 14.3 Å². The first kappa shape index (κ1) is 12.3. The molecule has 0 fully saturated rings. The Balaban J connectivity index is 2.57. The van der Waals surface area contributed by atoms with Gasteiger partial charge in [-0.25, -0.2) is 0 Å². The maximum Gasteiger partial charge on any atom is 0.309 e. The number of benzene rings is 1. The van der Waals surface area contributed by atoms with Gasteiger partial charge in [0.1, 0.15) is 0 Å². The molecule has 3 nitrogen and oxygen atoms in total. The van der Waals surface area contributed by atoms with Crippen molar-refractivity contribution in [3.05, 3.63) is 41.7 Å². The summed E-state index contributed by atoms with van der Waals surface area (Å²) in [5.41, 5.74) is 1.99. The molecule has 0 unspecified atom stereocenters. The van der Waals surface area contributed by atoms with Crippen molar-refractivity contribution in [2.75, 3.05) is 13.7 Å². The molecule has 1 aromatic rings. The second-order valence-electron chi connectivity index (χ2n) is 3.25. The standard InChI is InChI=1S/C13H16O3/c1-3-16-9-8-11-4-6-12(7-5-11)10-13(14)15-2/h4-9H,3,10H2,1-2H3/b9-8+. The lowest BCUT2D eigenvalue weighted by molar-refractivity contribution is -0.139. The first-order valence-electron chi connectivity index (χ1n) is 5.20. The fourth-order valence-corrected chi connectivity index (χ4v) is 1.21. The highest BCUT2D eigenvalue weighted by atomic mass is 16.5. The molecule has 0 heterocycles. The molecule has 16 heavy (non-hydrogen) atoms. The average Bonchev–Trinajstić information content (AvgIpc) is 2.31. The molecule has 86 valence electrons. The van der Waals surface area contributed by atoms with E-state index in [9.17, 15) is 4.79 Å². The zero-order chi connectivity index (χ0) is 11.8. The van der Waals surface area contributed by atoms with E-state index >= 15 is 0 Å². The van der Waals surface area contributed by atoms with Crippen LogP contribution in [0.5, 0.6) is 0 Å². The summed E-state index contributed by atoms with van der Waals surface area (Å²) in [6.07, 6.45) is 3.85. The number of carbonyl (C=O) groups is 1. The largest absolute Gasteiger partial charge is 0.501 e. The third kappa shape index (κ3) is 4.17. The van der Waals surface area contributed by atoms with Gasteiger partial charge in [-0.3, -0.25) is 4.79 Å². The lowest BCUT2D eigenvalue weighted by Crippen LogP contribution is -2.04. The molecule has 0 aliphatic rings. The maximum absolute atomic E-state index is 11.0. The van der Waals surface area contributed by atoms with Crippen molar-refractivity contribution in [3.8, 4) is 0 Å². The fraction of sp³-hybridized carbons (Fsp3) is 0.308. The zero-order valence-corrected chi connectivity index (χ0v) is 9.60. The van der Waals surface area contributed by atoms with Crippen LogP contribution in [-0.2, 0) is 20.7 Å². The molecular formula is C13H16O3. The lowest BCUT2D eigenvalue weighted by Gasteiger charge is -2.00. The molecule has 0 bridgehead atoms. The number of rotatable bonds is 5. The van der Waals surface area contributed by atoms with Crippen molar-refractivity contribution in [2.45, 2.75) is 13.3 Å². The van der Waals surface area contributed by atoms with Crippen molar-refractivity contribution >= 4 is 12.0 Å². The molecule has 0 amide bonds. The van der Waals surface area contributed by atoms with Gasteiger partial charge in [0.15, 0.2) is 0 Å². The molecular weight excluding hydrogens is 204 g/mol. The molecule has 1 rings (SSSR count). The quantitative estimate of drug-likeness (QED) is 0.564. The number of hydrogen-bond acceptors (Lipinski definition) is 3. The fourth-order valence-electron chi connectivity index (χ4n) is 1.21. The minimum Gasteiger partial charge on any atom is -0.501 e. The van der Waals surface area contributed by atoms with E-state index in [2.05, 4.69) is 4.74 Å². The van der Waals surface area contributed by atoms with Crippen molar-refractivity contribution in [3.63, 3.8) is 0 Å². The van der Waals surface area contributed by atoms with E-state index in [1.54, 1.807) is 6.26 Å². The van der Waals surface area contributed by atoms with Crippen LogP contribution in [0.15, 0.2) is 30.5 Å². The van der Waals surface area contributed by atoms with Crippen LogP contribution in [0.4, 0.5) is 0 Å². The van der Waals surface area contributed by atoms with Gasteiger partial charge >= 0.3 is 5.97 Å². The van der Waals surface area contributed by atoms with Gasteiger partial charge < -0.3 is 9.47 Å². The second kappa shape index (κ2) is 6.67. The number of esters is 1. The lowest BCUT2D eigenvalue weighted by atomic mass is 10.1. The third-order valence-corrected chi connectivity index (χ3v) is 2.08. The van der Waals surface area contributed by atoms with Crippen molar-refractivity contribution in [1.29, 1.82) is 0 Å². The molecule has 0 N–H and O–H groups in total. The highest BCUT2D eigenvalue weighted by molar-refractivity contribution is 5.72. The van der Waals surface area contributed by atoms with E-state index in [0.29, 0.717) is 13.0 Å². The summed E-state index contributed by atoms with van der Waals surface area (Å²) in [5, 5.41) is 0. The van der Waals surface area contributed by atoms with Crippen molar-refractivity contribution in [1.82, 2.24) is 0 Å². The predicted molar refractivity (Wildman–Crippen MR) is 62.8 cm³/mol. The van der Waals surface area contributed by atoms with E-state index in [4.69, 9.17) is 4.74 Å². The van der Waals surface area contributed by atoms with Crippen LogP contribution in [0.1, 0.15) is 18.1 Å². The number of methoxy groups -OCH3 is 1. The van der Waals surface area contributed by atoms with Crippen LogP contribution in [0, 0.1) is 0 Å². The Morgan fingerprint density at radius 3 is 2.56 bits per heavy atom. The van der Waals surface area contributed by atoms with Crippen LogP contribution in [0.25, 0.3) is 6.08 Å². The summed E-state index contributed by atoms with van der Waals surface area (Å²) >= 11 is 0. The van der Waals surface area contributed by atoms with Gasteiger partial charge in [-0.15, -0.1) is 0 Å². The second-order valence-corrected chi connectivity index (χ2v) is 3.25. The smallest absolute Gasteiger partial charge is 0.309 e. The number of ether oxygens (including phenoxy) is 2. The summed E-state index contributed by atoms with van der Waals surface area (Å²) in [6, 6.07) is 7.69. The number of carbonyl (C=O) groups excluding carboxylic acids is 1. The monoisotopic (exact) mass is 220 g/mol. The third-order valence-electron chi connectivity index (χ3n) is 2.08. The molecule has 0 saturated heterocycles. The Kier molecular flexibility index (Phi) is 5.12. The van der Waals surface area contributed by atoms with E-state index in [-0.39, 0.29) is 5.97 Å². The first-order chi connectivity index (χ1) is 7.76. The number of hydrogen-bond donors (Lipinski definition) is 0. The first-order valence-corrected chi connectivity index (χ1v) is 5.20. The molecule has 0 aliphatic heterocycles. The van der Waals surface area contributed by atoms with Crippen LogP contribution in [0.2, 0.25) is 0 Å². The van der Waals surface area contributed by atoms with Gasteiger partial charge in [0.25, 0.3) is 0 Å². The average molecular weight is 220 g/mol. The Labute approximate surface area is 95.7 Å².